The number of rotatable bonds is 6. The standard InChI is InChI=1S/C33H36F3NO5/c1-31(2,3)42-30(38)37-18-10-17-32(29(37)24-13-8-5-9-14-24)20-25(22-40-32)27-19-26(41-33(34,35)36)15-16-28(27)39-21-23-11-6-4-7-12-23/h4-9,11-16,19,25,29H,10,17-18,20-22H2,1-3H3/t25-,29-,32+/m0/s1. The molecular formula is C33H36F3NO5. The van der Waals surface area contributed by atoms with Gasteiger partial charge >= 0.3 is 12.5 Å². The molecule has 9 heteroatoms. The Morgan fingerprint density at radius 2 is 1.69 bits per heavy atom. The van der Waals surface area contributed by atoms with Gasteiger partial charge in [0.1, 0.15) is 23.7 Å². The summed E-state index contributed by atoms with van der Waals surface area (Å²) in [5.74, 6) is -0.142. The molecule has 5 rings (SSSR count). The first-order chi connectivity index (χ1) is 19.9. The van der Waals surface area contributed by atoms with Crippen LogP contribution < -0.4 is 9.47 Å². The van der Waals surface area contributed by atoms with E-state index in [0.29, 0.717) is 37.1 Å². The van der Waals surface area contributed by atoms with Crippen molar-refractivity contribution in [3.63, 3.8) is 0 Å². The number of hydrogen-bond acceptors (Lipinski definition) is 5. The number of halogens is 3. The van der Waals surface area contributed by atoms with Gasteiger partial charge in [0.2, 0.25) is 0 Å². The molecule has 1 spiro atoms. The van der Waals surface area contributed by atoms with Crippen LogP contribution in [0.2, 0.25) is 0 Å². The molecule has 224 valence electrons. The first-order valence-electron chi connectivity index (χ1n) is 14.2. The maximum absolute atomic E-state index is 13.4. The molecule has 2 fully saturated rings. The summed E-state index contributed by atoms with van der Waals surface area (Å²) in [6.07, 6.45) is -3.39. The van der Waals surface area contributed by atoms with E-state index in [9.17, 15) is 18.0 Å². The zero-order valence-corrected chi connectivity index (χ0v) is 24.0. The van der Waals surface area contributed by atoms with Crippen LogP contribution in [0.5, 0.6) is 11.5 Å². The van der Waals surface area contributed by atoms with Crippen LogP contribution in [0, 0.1) is 0 Å². The molecule has 1 amide bonds. The minimum atomic E-state index is -4.83. The second-order valence-electron chi connectivity index (χ2n) is 11.9. The van der Waals surface area contributed by atoms with E-state index in [1.165, 1.54) is 18.2 Å². The lowest BCUT2D eigenvalue weighted by Crippen LogP contribution is -2.53. The van der Waals surface area contributed by atoms with E-state index >= 15 is 0 Å². The monoisotopic (exact) mass is 583 g/mol. The minimum absolute atomic E-state index is 0.253. The van der Waals surface area contributed by atoms with Crippen molar-refractivity contribution in [2.75, 3.05) is 13.2 Å². The number of carbonyl (C=O) groups excluding carboxylic acids is 1. The third kappa shape index (κ3) is 7.01. The molecule has 0 N–H and O–H groups in total. The van der Waals surface area contributed by atoms with E-state index in [-0.39, 0.29) is 24.9 Å². The van der Waals surface area contributed by atoms with E-state index in [2.05, 4.69) is 4.74 Å². The van der Waals surface area contributed by atoms with Crippen molar-refractivity contribution in [1.29, 1.82) is 0 Å². The lowest BCUT2D eigenvalue weighted by Gasteiger charge is -2.47. The Labute approximate surface area is 244 Å². The average molecular weight is 584 g/mol. The number of alkyl halides is 3. The first kappa shape index (κ1) is 29.8. The summed E-state index contributed by atoms with van der Waals surface area (Å²) in [5.41, 5.74) is 0.983. The van der Waals surface area contributed by atoms with Crippen LogP contribution in [0.15, 0.2) is 78.9 Å². The van der Waals surface area contributed by atoms with Crippen molar-refractivity contribution in [3.8, 4) is 11.5 Å². The van der Waals surface area contributed by atoms with Crippen molar-refractivity contribution in [2.24, 2.45) is 0 Å². The molecule has 0 radical (unpaired) electrons. The van der Waals surface area contributed by atoms with Crippen LogP contribution in [-0.2, 0) is 16.1 Å². The second kappa shape index (κ2) is 11.9. The Morgan fingerprint density at radius 1 is 1.00 bits per heavy atom. The van der Waals surface area contributed by atoms with Gasteiger partial charge in [-0.3, -0.25) is 4.90 Å². The number of benzene rings is 3. The van der Waals surface area contributed by atoms with Crippen LogP contribution in [0.3, 0.4) is 0 Å². The average Bonchev–Trinajstić information content (AvgIpc) is 3.35. The molecule has 3 aromatic carbocycles. The van der Waals surface area contributed by atoms with Gasteiger partial charge in [0.05, 0.1) is 18.2 Å². The Hall–Kier alpha value is -3.72. The SMILES string of the molecule is CC(C)(C)OC(=O)N1CCC[C@@]2(C[C@H](c3cc(OC(F)(F)F)ccc3OCc3ccccc3)CO2)[C@@H]1c1ccccc1. The van der Waals surface area contributed by atoms with Gasteiger partial charge in [0.25, 0.3) is 0 Å². The van der Waals surface area contributed by atoms with Gasteiger partial charge in [0, 0.05) is 18.0 Å². The van der Waals surface area contributed by atoms with Gasteiger partial charge in [-0.1, -0.05) is 60.7 Å². The van der Waals surface area contributed by atoms with E-state index in [4.69, 9.17) is 14.2 Å². The van der Waals surface area contributed by atoms with Crippen molar-refractivity contribution < 1.29 is 36.9 Å². The third-order valence-electron chi connectivity index (χ3n) is 7.61. The van der Waals surface area contributed by atoms with Crippen LogP contribution in [0.25, 0.3) is 0 Å². The Balaban J connectivity index is 1.48. The van der Waals surface area contributed by atoms with Crippen molar-refractivity contribution in [1.82, 2.24) is 4.90 Å². The number of amides is 1. The first-order valence-corrected chi connectivity index (χ1v) is 14.2. The number of likely N-dealkylation sites (tertiary alicyclic amines) is 1. The number of piperidine rings is 1. The van der Waals surface area contributed by atoms with Crippen LogP contribution in [0.4, 0.5) is 18.0 Å². The molecule has 6 nitrogen and oxygen atoms in total. The molecule has 2 saturated heterocycles. The summed E-state index contributed by atoms with van der Waals surface area (Å²) >= 11 is 0. The van der Waals surface area contributed by atoms with Gasteiger partial charge in [-0.15, -0.1) is 13.2 Å². The summed E-state index contributed by atoms with van der Waals surface area (Å²) in [6.45, 7) is 6.50. The molecule has 0 saturated carbocycles. The molecule has 0 bridgehead atoms. The largest absolute Gasteiger partial charge is 0.573 e. The molecule has 2 aliphatic rings. The summed E-state index contributed by atoms with van der Waals surface area (Å²) in [5, 5.41) is 0. The molecule has 0 unspecified atom stereocenters. The molecule has 3 atom stereocenters. The van der Waals surface area contributed by atoms with Gasteiger partial charge in [-0.05, 0) is 69.4 Å². The highest BCUT2D eigenvalue weighted by molar-refractivity contribution is 5.69. The summed E-state index contributed by atoms with van der Waals surface area (Å²) in [6, 6.07) is 23.0. The van der Waals surface area contributed by atoms with Gasteiger partial charge in [-0.25, -0.2) is 4.79 Å². The zero-order valence-electron chi connectivity index (χ0n) is 24.0. The van der Waals surface area contributed by atoms with Crippen LogP contribution in [0.1, 0.15) is 68.7 Å². The Morgan fingerprint density at radius 3 is 2.36 bits per heavy atom. The number of ether oxygens (including phenoxy) is 4. The molecule has 2 aliphatic heterocycles. The smallest absolute Gasteiger partial charge is 0.489 e. The summed E-state index contributed by atoms with van der Waals surface area (Å²) in [7, 11) is 0. The number of hydrogen-bond donors (Lipinski definition) is 0. The highest BCUT2D eigenvalue weighted by Gasteiger charge is 2.53. The summed E-state index contributed by atoms with van der Waals surface area (Å²) in [4.78, 5) is 15.2. The molecule has 3 aromatic rings. The lowest BCUT2D eigenvalue weighted by molar-refractivity contribution is -0.274. The lowest BCUT2D eigenvalue weighted by atomic mass is 9.76. The van der Waals surface area contributed by atoms with E-state index < -0.39 is 29.7 Å². The fourth-order valence-electron chi connectivity index (χ4n) is 6.01. The zero-order chi connectivity index (χ0) is 30.0. The van der Waals surface area contributed by atoms with Crippen molar-refractivity contribution >= 4 is 6.09 Å². The van der Waals surface area contributed by atoms with Gasteiger partial charge < -0.3 is 18.9 Å². The predicted molar refractivity (Wildman–Crippen MR) is 151 cm³/mol. The Kier molecular flexibility index (Phi) is 8.42. The van der Waals surface area contributed by atoms with E-state index in [0.717, 1.165) is 11.1 Å². The molecular weight excluding hydrogens is 547 g/mol. The fourth-order valence-corrected chi connectivity index (χ4v) is 6.01. The molecule has 0 aromatic heterocycles. The maximum Gasteiger partial charge on any atom is 0.573 e. The topological polar surface area (TPSA) is 57.2 Å². The molecule has 42 heavy (non-hydrogen) atoms. The number of carbonyl (C=O) groups is 1. The highest BCUT2D eigenvalue weighted by atomic mass is 19.4. The van der Waals surface area contributed by atoms with Crippen LogP contribution in [-0.4, -0.2) is 41.7 Å². The summed E-state index contributed by atoms with van der Waals surface area (Å²) < 4.78 is 62.3. The third-order valence-corrected chi connectivity index (χ3v) is 7.61. The van der Waals surface area contributed by atoms with Gasteiger partial charge in [0.15, 0.2) is 0 Å². The quantitative estimate of drug-likeness (QED) is 0.293. The second-order valence-corrected chi connectivity index (χ2v) is 11.9. The van der Waals surface area contributed by atoms with E-state index in [1.807, 2.05) is 81.4 Å². The highest BCUT2D eigenvalue weighted by Crippen LogP contribution is 2.53. The van der Waals surface area contributed by atoms with Crippen LogP contribution >= 0.6 is 0 Å². The normalized spacial score (nSPS) is 22.7. The molecule has 2 heterocycles. The maximum atomic E-state index is 13.4. The van der Waals surface area contributed by atoms with E-state index in [1.54, 1.807) is 4.90 Å². The minimum Gasteiger partial charge on any atom is -0.489 e. The predicted octanol–water partition coefficient (Wildman–Crippen LogP) is 8.18. The molecule has 0 aliphatic carbocycles. The van der Waals surface area contributed by atoms with Crippen molar-refractivity contribution in [2.45, 2.75) is 76.2 Å². The van der Waals surface area contributed by atoms with Gasteiger partial charge in [-0.2, -0.15) is 0 Å². The number of nitrogens with zero attached hydrogens (tertiary/aromatic N) is 1. The fraction of sp³-hybridized carbons (Fsp3) is 0.424. The van der Waals surface area contributed by atoms with Crippen molar-refractivity contribution in [3.05, 3.63) is 95.6 Å². The Bertz CT molecular complexity index is 1360.